The average molecular weight is 517 g/mol. The number of carbonyl (C=O) groups is 1. The first-order valence-corrected chi connectivity index (χ1v) is 11.9. The predicted molar refractivity (Wildman–Crippen MR) is 135 cm³/mol. The van der Waals surface area contributed by atoms with Crippen LogP contribution in [0.25, 0.3) is 0 Å². The van der Waals surface area contributed by atoms with E-state index in [0.29, 0.717) is 38.0 Å². The summed E-state index contributed by atoms with van der Waals surface area (Å²) in [6, 6.07) is 15.4. The Balaban J connectivity index is 1.93. The smallest absolute Gasteiger partial charge is 0.257 e. The Morgan fingerprint density at radius 2 is 1.83 bits per heavy atom. The van der Waals surface area contributed by atoms with E-state index in [1.807, 2.05) is 0 Å². The van der Waals surface area contributed by atoms with Crippen molar-refractivity contribution in [2.75, 3.05) is 13.2 Å². The Hall–Kier alpha value is -2.48. The Labute approximate surface area is 217 Å². The summed E-state index contributed by atoms with van der Waals surface area (Å²) in [5, 5.41) is 21.5. The SMILES string of the molecule is [2H]C([2H])(O)[C@H](C)CO[C@]1(c2ccc(Cl)cc2)c2ccc(C(C)(C)O)cc2C(=O)N1Cc1ccc(Cl)cn1. The van der Waals surface area contributed by atoms with E-state index < -0.39 is 23.8 Å². The van der Waals surface area contributed by atoms with Crippen molar-refractivity contribution in [1.29, 1.82) is 0 Å². The number of fused-ring (bicyclic) bond motifs is 1. The molecule has 0 saturated heterocycles. The first kappa shape index (κ1) is 23.0. The van der Waals surface area contributed by atoms with Gasteiger partial charge < -0.3 is 14.9 Å². The third-order valence-electron chi connectivity index (χ3n) is 6.05. The quantitative estimate of drug-likeness (QED) is 0.434. The maximum atomic E-state index is 14.0. The largest absolute Gasteiger partial charge is 0.396 e. The Morgan fingerprint density at radius 1 is 1.14 bits per heavy atom. The lowest BCUT2D eigenvalue weighted by Crippen LogP contribution is -2.47. The molecule has 0 aliphatic carbocycles. The lowest BCUT2D eigenvalue weighted by Gasteiger charge is -2.40. The summed E-state index contributed by atoms with van der Waals surface area (Å²) in [5.41, 5.74) is -0.131. The molecule has 184 valence electrons. The average Bonchev–Trinajstić information content (AvgIpc) is 3.06. The summed E-state index contributed by atoms with van der Waals surface area (Å²) in [4.78, 5) is 19.9. The van der Waals surface area contributed by atoms with Crippen molar-refractivity contribution in [3.8, 4) is 0 Å². The molecule has 2 aromatic carbocycles. The molecule has 2 N–H and O–H groups in total. The topological polar surface area (TPSA) is 82.9 Å². The molecule has 2 heterocycles. The predicted octanol–water partition coefficient (Wildman–Crippen LogP) is 5.12. The van der Waals surface area contributed by atoms with Gasteiger partial charge in [0.05, 0.1) is 32.2 Å². The third-order valence-corrected chi connectivity index (χ3v) is 6.53. The zero-order valence-corrected chi connectivity index (χ0v) is 21.1. The number of halogens is 2. The molecule has 0 fully saturated rings. The number of hydrogen-bond donors (Lipinski definition) is 2. The Bertz CT molecular complexity index is 1290. The number of hydrogen-bond acceptors (Lipinski definition) is 5. The molecule has 0 bridgehead atoms. The monoisotopic (exact) mass is 516 g/mol. The number of carbonyl (C=O) groups excluding carboxylic acids is 1. The second kappa shape index (κ2) is 9.88. The minimum atomic E-state index is -2.50. The van der Waals surface area contributed by atoms with Crippen LogP contribution in [0.4, 0.5) is 0 Å². The van der Waals surface area contributed by atoms with Gasteiger partial charge in [-0.05, 0) is 49.7 Å². The van der Waals surface area contributed by atoms with Crippen LogP contribution in [0, 0.1) is 5.92 Å². The van der Waals surface area contributed by atoms with Gasteiger partial charge in [-0.3, -0.25) is 14.7 Å². The summed E-state index contributed by atoms with van der Waals surface area (Å²) in [6.45, 7) is 2.13. The zero-order valence-electron chi connectivity index (χ0n) is 21.6. The van der Waals surface area contributed by atoms with Crippen LogP contribution < -0.4 is 0 Å². The van der Waals surface area contributed by atoms with Gasteiger partial charge in [0.15, 0.2) is 5.72 Å². The van der Waals surface area contributed by atoms with Gasteiger partial charge in [0.1, 0.15) is 0 Å². The van der Waals surface area contributed by atoms with Crippen molar-refractivity contribution in [2.24, 2.45) is 5.92 Å². The second-order valence-electron chi connectivity index (χ2n) is 9.17. The van der Waals surface area contributed by atoms with Crippen LogP contribution in [-0.4, -0.2) is 39.2 Å². The molecule has 0 saturated carbocycles. The molecule has 2 atom stereocenters. The van der Waals surface area contributed by atoms with Crippen molar-refractivity contribution in [3.63, 3.8) is 0 Å². The lowest BCUT2D eigenvalue weighted by atomic mass is 9.89. The molecule has 6 nitrogen and oxygen atoms in total. The van der Waals surface area contributed by atoms with Crippen LogP contribution in [0.2, 0.25) is 10.0 Å². The van der Waals surface area contributed by atoms with E-state index in [-0.39, 0.29) is 19.1 Å². The molecule has 1 aliphatic rings. The number of aromatic nitrogens is 1. The number of aliphatic hydroxyl groups is 2. The first-order chi connectivity index (χ1) is 17.2. The molecule has 4 rings (SSSR count). The van der Waals surface area contributed by atoms with Crippen molar-refractivity contribution in [2.45, 2.75) is 38.6 Å². The summed E-state index contributed by atoms with van der Waals surface area (Å²) < 4.78 is 21.9. The van der Waals surface area contributed by atoms with E-state index in [4.69, 9.17) is 30.7 Å². The maximum Gasteiger partial charge on any atom is 0.257 e. The molecule has 1 amide bonds. The fraction of sp³-hybridized carbons (Fsp3) is 0.333. The van der Waals surface area contributed by atoms with Crippen LogP contribution in [0.1, 0.15) is 56.3 Å². The van der Waals surface area contributed by atoms with Crippen LogP contribution >= 0.6 is 23.2 Å². The third kappa shape index (κ3) is 4.95. The number of pyridine rings is 1. The van der Waals surface area contributed by atoms with Gasteiger partial charge in [-0.2, -0.15) is 0 Å². The molecular formula is C27H28Cl2N2O4. The number of ether oxygens (including phenoxy) is 1. The van der Waals surface area contributed by atoms with Crippen molar-refractivity contribution < 1.29 is 22.5 Å². The van der Waals surface area contributed by atoms with Gasteiger partial charge in [-0.1, -0.05) is 54.4 Å². The van der Waals surface area contributed by atoms with E-state index in [1.54, 1.807) is 68.4 Å². The summed E-state index contributed by atoms with van der Waals surface area (Å²) in [5.74, 6) is -1.27. The standard InChI is InChI=1S/C27H28Cl2N2O4/c1-17(15-32)16-35-27(18-4-7-20(28)8-5-18)24-11-6-19(26(2,3)34)12-23(24)25(33)31(27)14-22-10-9-21(29)13-30-22/h4-13,17,32,34H,14-16H2,1-3H3/t17-,27+/m0/s1/i15D2. The van der Waals surface area contributed by atoms with Crippen LogP contribution in [0.3, 0.4) is 0 Å². The van der Waals surface area contributed by atoms with Gasteiger partial charge >= 0.3 is 0 Å². The van der Waals surface area contributed by atoms with E-state index in [0.717, 1.165) is 0 Å². The molecule has 0 spiro atoms. The Kier molecular flexibility index (Phi) is 6.48. The molecule has 0 radical (unpaired) electrons. The molecule has 1 aliphatic heterocycles. The van der Waals surface area contributed by atoms with Crippen molar-refractivity contribution >= 4 is 29.1 Å². The van der Waals surface area contributed by atoms with Gasteiger partial charge in [0.25, 0.3) is 5.91 Å². The van der Waals surface area contributed by atoms with Gasteiger partial charge in [-0.15, -0.1) is 0 Å². The van der Waals surface area contributed by atoms with Crippen LogP contribution in [0.5, 0.6) is 0 Å². The number of rotatable bonds is 8. The van der Waals surface area contributed by atoms with Gasteiger partial charge in [0.2, 0.25) is 0 Å². The molecule has 0 unspecified atom stereocenters. The minimum absolute atomic E-state index is 0.0472. The van der Waals surface area contributed by atoms with Crippen molar-refractivity contribution in [3.05, 3.63) is 98.8 Å². The number of nitrogens with zero attached hydrogens (tertiary/aromatic N) is 2. The van der Waals surface area contributed by atoms with E-state index in [1.165, 1.54) is 18.0 Å². The molecular weight excluding hydrogens is 487 g/mol. The number of benzene rings is 2. The summed E-state index contributed by atoms with van der Waals surface area (Å²) >= 11 is 12.2. The lowest BCUT2D eigenvalue weighted by molar-refractivity contribution is -0.123. The molecule has 1 aromatic heterocycles. The highest BCUT2D eigenvalue weighted by molar-refractivity contribution is 6.30. The number of amides is 1. The Morgan fingerprint density at radius 3 is 2.43 bits per heavy atom. The maximum absolute atomic E-state index is 14.0. The van der Waals surface area contributed by atoms with E-state index >= 15 is 0 Å². The van der Waals surface area contributed by atoms with Crippen LogP contribution in [-0.2, 0) is 22.6 Å². The van der Waals surface area contributed by atoms with Gasteiger partial charge in [0, 0.05) is 40.4 Å². The zero-order chi connectivity index (χ0) is 27.2. The summed E-state index contributed by atoms with van der Waals surface area (Å²) in [7, 11) is 0. The fourth-order valence-electron chi connectivity index (χ4n) is 4.19. The molecule has 8 heteroatoms. The summed E-state index contributed by atoms with van der Waals surface area (Å²) in [6.07, 6.45) is 1.49. The highest BCUT2D eigenvalue weighted by Gasteiger charge is 2.52. The minimum Gasteiger partial charge on any atom is -0.396 e. The van der Waals surface area contributed by atoms with E-state index in [2.05, 4.69) is 4.98 Å². The fourth-order valence-corrected chi connectivity index (χ4v) is 4.42. The normalized spacial score (nSPS) is 19.9. The highest BCUT2D eigenvalue weighted by Crippen LogP contribution is 2.47. The van der Waals surface area contributed by atoms with Crippen molar-refractivity contribution in [1.82, 2.24) is 9.88 Å². The first-order valence-electron chi connectivity index (χ1n) is 12.2. The molecule has 3 aromatic rings. The highest BCUT2D eigenvalue weighted by atomic mass is 35.5. The van der Waals surface area contributed by atoms with Crippen LogP contribution in [0.15, 0.2) is 60.8 Å². The molecule has 35 heavy (non-hydrogen) atoms. The van der Waals surface area contributed by atoms with E-state index in [9.17, 15) is 15.0 Å². The second-order valence-corrected chi connectivity index (χ2v) is 10.0. The van der Waals surface area contributed by atoms with Gasteiger partial charge in [-0.25, -0.2) is 0 Å².